The fourth-order valence-corrected chi connectivity index (χ4v) is 1.51. The number of rotatable bonds is 5. The predicted octanol–water partition coefficient (Wildman–Crippen LogP) is 2.39. The van der Waals surface area contributed by atoms with Gasteiger partial charge in [-0.3, -0.25) is 4.90 Å². The quantitative estimate of drug-likeness (QED) is 0.642. The molecule has 0 aliphatic carbocycles. The standard InChI is InChI=1S/C14H17FN2O3/c1-10(13(18)19)6-5-9-16-14(20)17(2)12-8-4-3-7-11(12)15/h3-4,6-8H,5,9H2,1-2H3,(H,16,20)(H,18,19). The van der Waals surface area contributed by atoms with Gasteiger partial charge in [-0.1, -0.05) is 18.2 Å². The topological polar surface area (TPSA) is 69.6 Å². The normalized spacial score (nSPS) is 11.1. The Kier molecular flexibility index (Phi) is 5.71. The molecular weight excluding hydrogens is 263 g/mol. The highest BCUT2D eigenvalue weighted by molar-refractivity contribution is 5.91. The fourth-order valence-electron chi connectivity index (χ4n) is 1.51. The van der Waals surface area contributed by atoms with Gasteiger partial charge in [-0.15, -0.1) is 0 Å². The predicted molar refractivity (Wildman–Crippen MR) is 74.2 cm³/mol. The summed E-state index contributed by atoms with van der Waals surface area (Å²) in [6.07, 6.45) is 1.92. The number of aliphatic carboxylic acids is 1. The Hall–Kier alpha value is -2.37. The van der Waals surface area contributed by atoms with Crippen LogP contribution in [0, 0.1) is 5.82 Å². The maximum Gasteiger partial charge on any atom is 0.330 e. The molecule has 0 aliphatic rings. The molecule has 2 N–H and O–H groups in total. The number of nitrogens with one attached hydrogen (secondary N) is 1. The second-order valence-corrected chi connectivity index (χ2v) is 4.22. The number of para-hydroxylation sites is 1. The number of hydrogen-bond acceptors (Lipinski definition) is 2. The molecule has 0 atom stereocenters. The van der Waals surface area contributed by atoms with Crippen LogP contribution in [0.4, 0.5) is 14.9 Å². The molecule has 0 saturated carbocycles. The number of halogens is 1. The minimum atomic E-state index is -0.986. The van der Waals surface area contributed by atoms with Crippen molar-refractivity contribution in [1.82, 2.24) is 5.32 Å². The van der Waals surface area contributed by atoms with Gasteiger partial charge in [-0.25, -0.2) is 14.0 Å². The molecule has 0 radical (unpaired) electrons. The molecule has 0 aromatic heterocycles. The van der Waals surface area contributed by atoms with E-state index in [0.29, 0.717) is 6.42 Å². The molecule has 108 valence electrons. The maximum absolute atomic E-state index is 13.5. The number of carboxylic acid groups (broad SMARTS) is 1. The van der Waals surface area contributed by atoms with Crippen molar-refractivity contribution >= 4 is 17.7 Å². The van der Waals surface area contributed by atoms with Crippen molar-refractivity contribution in [2.24, 2.45) is 0 Å². The van der Waals surface area contributed by atoms with E-state index in [0.717, 1.165) is 0 Å². The smallest absolute Gasteiger partial charge is 0.330 e. The summed E-state index contributed by atoms with van der Waals surface area (Å²) in [6.45, 7) is 1.76. The molecule has 20 heavy (non-hydrogen) atoms. The number of amides is 2. The summed E-state index contributed by atoms with van der Waals surface area (Å²) in [7, 11) is 1.46. The SMILES string of the molecule is CC(=CCCNC(=O)N(C)c1ccccc1F)C(=O)O. The van der Waals surface area contributed by atoms with E-state index < -0.39 is 17.8 Å². The molecule has 2 amide bonds. The van der Waals surface area contributed by atoms with E-state index in [1.165, 1.54) is 37.1 Å². The van der Waals surface area contributed by atoms with Gasteiger partial charge in [0.05, 0.1) is 5.69 Å². The van der Waals surface area contributed by atoms with Crippen molar-refractivity contribution in [2.75, 3.05) is 18.5 Å². The summed E-state index contributed by atoms with van der Waals surface area (Å²) in [4.78, 5) is 23.5. The second kappa shape index (κ2) is 7.28. The van der Waals surface area contributed by atoms with Crippen LogP contribution in [0.3, 0.4) is 0 Å². The van der Waals surface area contributed by atoms with Gasteiger partial charge < -0.3 is 10.4 Å². The Morgan fingerprint density at radius 3 is 2.65 bits per heavy atom. The Morgan fingerprint density at radius 2 is 2.05 bits per heavy atom. The number of carboxylic acids is 1. The molecule has 6 heteroatoms. The molecule has 1 aromatic carbocycles. The van der Waals surface area contributed by atoms with E-state index in [4.69, 9.17) is 5.11 Å². The summed E-state index contributed by atoms with van der Waals surface area (Å²) in [6, 6.07) is 5.52. The van der Waals surface area contributed by atoms with Gasteiger partial charge in [-0.05, 0) is 25.5 Å². The fraction of sp³-hybridized carbons (Fsp3) is 0.286. The average molecular weight is 280 g/mol. The molecular formula is C14H17FN2O3. The van der Waals surface area contributed by atoms with Gasteiger partial charge in [0.15, 0.2) is 0 Å². The summed E-state index contributed by atoms with van der Waals surface area (Å²) in [5, 5.41) is 11.2. The van der Waals surface area contributed by atoms with Crippen molar-refractivity contribution in [2.45, 2.75) is 13.3 Å². The third-order valence-electron chi connectivity index (χ3n) is 2.73. The van der Waals surface area contributed by atoms with E-state index in [1.54, 1.807) is 12.1 Å². The van der Waals surface area contributed by atoms with E-state index in [1.807, 2.05) is 0 Å². The summed E-state index contributed by atoms with van der Waals surface area (Å²) >= 11 is 0. The van der Waals surface area contributed by atoms with Crippen molar-refractivity contribution in [3.05, 3.63) is 41.7 Å². The zero-order valence-electron chi connectivity index (χ0n) is 11.4. The highest BCUT2D eigenvalue weighted by Gasteiger charge is 2.13. The zero-order valence-corrected chi connectivity index (χ0v) is 11.4. The van der Waals surface area contributed by atoms with Crippen molar-refractivity contribution in [1.29, 1.82) is 0 Å². The molecule has 0 unspecified atom stereocenters. The van der Waals surface area contributed by atoms with E-state index in [9.17, 15) is 14.0 Å². The number of anilines is 1. The first-order chi connectivity index (χ1) is 9.43. The number of carbonyl (C=O) groups excluding carboxylic acids is 1. The third-order valence-corrected chi connectivity index (χ3v) is 2.73. The van der Waals surface area contributed by atoms with Gasteiger partial charge in [-0.2, -0.15) is 0 Å². The number of nitrogens with zero attached hydrogens (tertiary/aromatic N) is 1. The lowest BCUT2D eigenvalue weighted by Crippen LogP contribution is -2.38. The van der Waals surface area contributed by atoms with Gasteiger partial charge in [0.1, 0.15) is 5.82 Å². The number of urea groups is 1. The monoisotopic (exact) mass is 280 g/mol. The van der Waals surface area contributed by atoms with Crippen LogP contribution in [-0.2, 0) is 4.79 Å². The number of hydrogen-bond donors (Lipinski definition) is 2. The first-order valence-corrected chi connectivity index (χ1v) is 6.09. The highest BCUT2D eigenvalue weighted by atomic mass is 19.1. The van der Waals surface area contributed by atoms with Crippen LogP contribution < -0.4 is 10.2 Å². The van der Waals surface area contributed by atoms with Gasteiger partial charge >= 0.3 is 12.0 Å². The Labute approximate surface area is 116 Å². The zero-order chi connectivity index (χ0) is 15.1. The van der Waals surface area contributed by atoms with Crippen LogP contribution in [0.15, 0.2) is 35.9 Å². The van der Waals surface area contributed by atoms with Crippen LogP contribution in [0.2, 0.25) is 0 Å². The highest BCUT2D eigenvalue weighted by Crippen LogP contribution is 2.16. The van der Waals surface area contributed by atoms with Crippen LogP contribution in [0.5, 0.6) is 0 Å². The molecule has 0 spiro atoms. The van der Waals surface area contributed by atoms with Crippen LogP contribution in [0.1, 0.15) is 13.3 Å². The molecule has 0 bridgehead atoms. The number of carbonyl (C=O) groups is 2. The van der Waals surface area contributed by atoms with Crippen LogP contribution in [0.25, 0.3) is 0 Å². The van der Waals surface area contributed by atoms with Crippen molar-refractivity contribution in [3.63, 3.8) is 0 Å². The molecule has 1 aromatic rings. The first-order valence-electron chi connectivity index (χ1n) is 6.09. The van der Waals surface area contributed by atoms with Gasteiger partial charge in [0.25, 0.3) is 0 Å². The largest absolute Gasteiger partial charge is 0.478 e. The number of benzene rings is 1. The molecule has 0 fully saturated rings. The summed E-state index contributed by atoms with van der Waals surface area (Å²) < 4.78 is 13.5. The Morgan fingerprint density at radius 1 is 1.40 bits per heavy atom. The lowest BCUT2D eigenvalue weighted by Gasteiger charge is -2.18. The van der Waals surface area contributed by atoms with Crippen molar-refractivity contribution in [3.8, 4) is 0 Å². The lowest BCUT2D eigenvalue weighted by atomic mass is 10.2. The minimum absolute atomic E-state index is 0.183. The molecule has 0 aliphatic heterocycles. The van der Waals surface area contributed by atoms with Crippen LogP contribution >= 0.6 is 0 Å². The minimum Gasteiger partial charge on any atom is -0.478 e. The van der Waals surface area contributed by atoms with Crippen LogP contribution in [-0.4, -0.2) is 30.7 Å². The maximum atomic E-state index is 13.5. The molecule has 1 rings (SSSR count). The van der Waals surface area contributed by atoms with Crippen molar-refractivity contribution < 1.29 is 19.1 Å². The summed E-state index contributed by atoms with van der Waals surface area (Å²) in [5.74, 6) is -1.47. The van der Waals surface area contributed by atoms with E-state index in [-0.39, 0.29) is 17.8 Å². The Balaban J connectivity index is 2.50. The first kappa shape index (κ1) is 15.7. The summed E-state index contributed by atoms with van der Waals surface area (Å²) in [5.41, 5.74) is 0.406. The van der Waals surface area contributed by atoms with E-state index in [2.05, 4.69) is 5.32 Å². The van der Waals surface area contributed by atoms with Gasteiger partial charge in [0, 0.05) is 19.2 Å². The molecule has 0 saturated heterocycles. The second-order valence-electron chi connectivity index (χ2n) is 4.22. The Bertz CT molecular complexity index is 529. The average Bonchev–Trinajstić information content (AvgIpc) is 2.42. The molecule has 5 nitrogen and oxygen atoms in total. The molecule has 0 heterocycles. The van der Waals surface area contributed by atoms with Gasteiger partial charge in [0.2, 0.25) is 0 Å². The third kappa shape index (κ3) is 4.38. The lowest BCUT2D eigenvalue weighted by molar-refractivity contribution is -0.132. The van der Waals surface area contributed by atoms with E-state index >= 15 is 0 Å².